The SMILES string of the molecule is O=C1OC[C@H](Cc2ccccc2)N1C(=O)C1C[C@H]1c1ccccc1.O=C1OC[C@H](Cc2ccccc2)N1C(=O)[C@H]1C[C@@H]1c1ccccc1. The third-order valence-electron chi connectivity index (χ3n) is 9.70. The van der Waals surface area contributed by atoms with Gasteiger partial charge in [-0.05, 0) is 59.8 Å². The summed E-state index contributed by atoms with van der Waals surface area (Å²) in [5, 5.41) is 0. The highest BCUT2D eigenvalue weighted by atomic mass is 16.6. The minimum atomic E-state index is -0.500. The van der Waals surface area contributed by atoms with E-state index in [1.165, 1.54) is 20.9 Å². The fourth-order valence-electron chi connectivity index (χ4n) is 6.96. The molecule has 2 aliphatic carbocycles. The van der Waals surface area contributed by atoms with Crippen molar-refractivity contribution in [3.63, 3.8) is 0 Å². The molecule has 0 radical (unpaired) electrons. The van der Waals surface area contributed by atoms with Crippen LogP contribution in [0.2, 0.25) is 0 Å². The van der Waals surface area contributed by atoms with Crippen LogP contribution in [0.3, 0.4) is 0 Å². The maximum atomic E-state index is 12.8. The van der Waals surface area contributed by atoms with Crippen molar-refractivity contribution in [3.05, 3.63) is 144 Å². The van der Waals surface area contributed by atoms with Crippen molar-refractivity contribution in [1.82, 2.24) is 9.80 Å². The molecule has 4 aromatic carbocycles. The summed E-state index contributed by atoms with van der Waals surface area (Å²) in [6.45, 7) is 0.560. The van der Waals surface area contributed by atoms with Crippen LogP contribution in [0.15, 0.2) is 121 Å². The number of cyclic esters (lactones) is 2. The van der Waals surface area contributed by atoms with E-state index in [4.69, 9.17) is 9.47 Å². The summed E-state index contributed by atoms with van der Waals surface area (Å²) >= 11 is 0. The summed E-state index contributed by atoms with van der Waals surface area (Å²) < 4.78 is 10.3. The van der Waals surface area contributed by atoms with Crippen LogP contribution in [0.5, 0.6) is 0 Å². The lowest BCUT2D eigenvalue weighted by molar-refractivity contribution is -0.131. The van der Waals surface area contributed by atoms with E-state index in [2.05, 4.69) is 0 Å². The summed E-state index contributed by atoms with van der Waals surface area (Å²) in [5.74, 6) is 0.0705. The molecule has 2 heterocycles. The highest BCUT2D eigenvalue weighted by molar-refractivity contribution is 5.97. The van der Waals surface area contributed by atoms with Gasteiger partial charge in [0.2, 0.25) is 11.8 Å². The molecule has 8 heteroatoms. The van der Waals surface area contributed by atoms with Crippen LogP contribution >= 0.6 is 0 Å². The Hall–Kier alpha value is -5.24. The molecule has 8 rings (SSSR count). The molecule has 0 aromatic heterocycles. The Balaban J connectivity index is 0.000000152. The molecule has 6 atom stereocenters. The number of imide groups is 2. The quantitative estimate of drug-likeness (QED) is 0.211. The number of carbonyl (C=O) groups excluding carboxylic acids is 4. The molecule has 4 fully saturated rings. The van der Waals surface area contributed by atoms with E-state index in [1.807, 2.05) is 121 Å². The van der Waals surface area contributed by atoms with Crippen molar-refractivity contribution in [2.75, 3.05) is 13.2 Å². The van der Waals surface area contributed by atoms with Gasteiger partial charge in [0.15, 0.2) is 0 Å². The van der Waals surface area contributed by atoms with E-state index in [0.717, 1.165) is 24.0 Å². The average molecular weight is 643 g/mol. The number of benzene rings is 4. The smallest absolute Gasteiger partial charge is 0.416 e. The van der Waals surface area contributed by atoms with Gasteiger partial charge in [0.25, 0.3) is 0 Å². The highest BCUT2D eigenvalue weighted by Gasteiger charge is 2.51. The molecule has 0 bridgehead atoms. The fourth-order valence-corrected chi connectivity index (χ4v) is 6.96. The Labute approximate surface area is 280 Å². The largest absolute Gasteiger partial charge is 0.447 e. The van der Waals surface area contributed by atoms with Gasteiger partial charge in [-0.25, -0.2) is 19.4 Å². The molecule has 4 aromatic rings. The van der Waals surface area contributed by atoms with Gasteiger partial charge in [0.1, 0.15) is 13.2 Å². The van der Waals surface area contributed by atoms with Gasteiger partial charge in [-0.15, -0.1) is 0 Å². The molecule has 2 saturated carbocycles. The molecule has 244 valence electrons. The third-order valence-corrected chi connectivity index (χ3v) is 9.70. The third kappa shape index (κ3) is 6.88. The lowest BCUT2D eigenvalue weighted by Gasteiger charge is -2.19. The van der Waals surface area contributed by atoms with Crippen molar-refractivity contribution in [2.45, 2.75) is 49.6 Å². The topological polar surface area (TPSA) is 93.2 Å². The normalized spacial score (nSPS) is 25.4. The van der Waals surface area contributed by atoms with Crippen LogP contribution in [0.1, 0.15) is 46.9 Å². The van der Waals surface area contributed by atoms with Crippen molar-refractivity contribution in [1.29, 1.82) is 0 Å². The molecule has 1 unspecified atom stereocenters. The van der Waals surface area contributed by atoms with Gasteiger partial charge in [-0.3, -0.25) is 9.59 Å². The second kappa shape index (κ2) is 13.9. The van der Waals surface area contributed by atoms with E-state index >= 15 is 0 Å². The summed E-state index contributed by atoms with van der Waals surface area (Å²) in [6.07, 6.45) is 1.90. The molecular weight excluding hydrogens is 604 g/mol. The lowest BCUT2D eigenvalue weighted by Crippen LogP contribution is -2.41. The number of rotatable bonds is 8. The first kappa shape index (κ1) is 31.4. The Bertz CT molecular complexity index is 1620. The van der Waals surface area contributed by atoms with E-state index < -0.39 is 12.2 Å². The molecule has 4 aliphatic rings. The van der Waals surface area contributed by atoms with Crippen LogP contribution in [0.25, 0.3) is 0 Å². The van der Waals surface area contributed by atoms with Gasteiger partial charge < -0.3 is 9.47 Å². The molecule has 0 spiro atoms. The second-order valence-corrected chi connectivity index (χ2v) is 13.0. The molecule has 2 aliphatic heterocycles. The van der Waals surface area contributed by atoms with Crippen molar-refractivity contribution in [2.24, 2.45) is 11.8 Å². The number of amides is 4. The molecule has 2 saturated heterocycles. The standard InChI is InChI=1S/2C20H19NO3/c2*22-19(18-12-17(18)15-9-5-2-6-10-15)21-16(13-24-20(21)23)11-14-7-3-1-4-8-14/h2*1-10,16-18H,11-13H2/t16-,17+,18-;16-,17-,18?/m00/s1. The summed E-state index contributed by atoms with van der Waals surface area (Å²) in [6, 6.07) is 39.4. The first-order valence-electron chi connectivity index (χ1n) is 16.7. The number of carbonyl (C=O) groups is 4. The minimum Gasteiger partial charge on any atom is -0.447 e. The molecule has 48 heavy (non-hydrogen) atoms. The number of nitrogens with zero attached hydrogens (tertiary/aromatic N) is 2. The minimum absolute atomic E-state index is 0.0905. The van der Waals surface area contributed by atoms with Crippen LogP contribution < -0.4 is 0 Å². The van der Waals surface area contributed by atoms with Crippen LogP contribution in [-0.2, 0) is 31.9 Å². The summed E-state index contributed by atoms with van der Waals surface area (Å²) in [5.41, 5.74) is 4.55. The fraction of sp³-hybridized carbons (Fsp3) is 0.300. The van der Waals surface area contributed by atoms with Gasteiger partial charge in [-0.2, -0.15) is 0 Å². The first-order valence-corrected chi connectivity index (χ1v) is 16.7. The average Bonchev–Trinajstić information content (AvgIpc) is 4.04. The Kier molecular flexibility index (Phi) is 9.05. The Morgan fingerprint density at radius 3 is 1.21 bits per heavy atom. The predicted octanol–water partition coefficient (Wildman–Crippen LogP) is 6.76. The van der Waals surface area contributed by atoms with Crippen molar-refractivity contribution < 1.29 is 28.7 Å². The predicted molar refractivity (Wildman–Crippen MR) is 179 cm³/mol. The van der Waals surface area contributed by atoms with Gasteiger partial charge in [0, 0.05) is 11.8 Å². The number of ether oxygens (including phenoxy) is 2. The first-order chi connectivity index (χ1) is 23.5. The Morgan fingerprint density at radius 2 is 0.854 bits per heavy atom. The van der Waals surface area contributed by atoms with Crippen LogP contribution in [-0.4, -0.2) is 59.1 Å². The summed E-state index contributed by atoms with van der Waals surface area (Å²) in [4.78, 5) is 52.5. The number of hydrogen-bond donors (Lipinski definition) is 0. The molecule has 4 amide bonds. The summed E-state index contributed by atoms with van der Waals surface area (Å²) in [7, 11) is 0. The van der Waals surface area contributed by atoms with Crippen molar-refractivity contribution >= 4 is 24.0 Å². The van der Waals surface area contributed by atoms with Gasteiger partial charge in [0.05, 0.1) is 12.1 Å². The zero-order valence-electron chi connectivity index (χ0n) is 26.6. The lowest BCUT2D eigenvalue weighted by atomic mass is 10.0. The zero-order chi connectivity index (χ0) is 33.0. The van der Waals surface area contributed by atoms with E-state index in [0.29, 0.717) is 12.8 Å². The maximum absolute atomic E-state index is 12.8. The van der Waals surface area contributed by atoms with E-state index in [-0.39, 0.29) is 60.8 Å². The Morgan fingerprint density at radius 1 is 0.521 bits per heavy atom. The highest BCUT2D eigenvalue weighted by Crippen LogP contribution is 2.50. The van der Waals surface area contributed by atoms with E-state index in [9.17, 15) is 19.2 Å². The monoisotopic (exact) mass is 642 g/mol. The van der Waals surface area contributed by atoms with Gasteiger partial charge in [-0.1, -0.05) is 121 Å². The van der Waals surface area contributed by atoms with Crippen LogP contribution in [0.4, 0.5) is 9.59 Å². The number of hydrogen-bond acceptors (Lipinski definition) is 6. The molecular formula is C40H38N2O6. The van der Waals surface area contributed by atoms with Gasteiger partial charge >= 0.3 is 12.2 Å². The van der Waals surface area contributed by atoms with Crippen LogP contribution in [0, 0.1) is 11.8 Å². The van der Waals surface area contributed by atoms with Crippen molar-refractivity contribution in [3.8, 4) is 0 Å². The second-order valence-electron chi connectivity index (χ2n) is 13.0. The molecule has 0 N–H and O–H groups in total. The molecule has 8 nitrogen and oxygen atoms in total. The zero-order valence-corrected chi connectivity index (χ0v) is 26.6. The maximum Gasteiger partial charge on any atom is 0.416 e. The van der Waals surface area contributed by atoms with E-state index in [1.54, 1.807) is 0 Å².